The lowest BCUT2D eigenvalue weighted by molar-refractivity contribution is -0.117. The number of carbonyl (C=O) groups excluding carboxylic acids is 2. The second-order valence-corrected chi connectivity index (χ2v) is 6.36. The van der Waals surface area contributed by atoms with Gasteiger partial charge in [0.1, 0.15) is 11.5 Å². The Hall–Kier alpha value is -3.22. The van der Waals surface area contributed by atoms with Crippen molar-refractivity contribution in [3.63, 3.8) is 0 Å². The molecule has 2 N–H and O–H groups in total. The van der Waals surface area contributed by atoms with E-state index in [4.69, 9.17) is 9.47 Å². The molecule has 3 rings (SSSR count). The second kappa shape index (κ2) is 9.12. The third-order valence-electron chi connectivity index (χ3n) is 4.35. The number of carbonyl (C=O) groups is 2. The van der Waals surface area contributed by atoms with Crippen molar-refractivity contribution >= 4 is 23.3 Å². The van der Waals surface area contributed by atoms with Crippen LogP contribution in [0.3, 0.4) is 0 Å². The highest BCUT2D eigenvalue weighted by Gasteiger charge is 2.31. The molecular weight excluding hydrogens is 358 g/mol. The lowest BCUT2D eigenvalue weighted by Gasteiger charge is -2.18. The van der Waals surface area contributed by atoms with Crippen molar-refractivity contribution in [2.24, 2.45) is 0 Å². The zero-order chi connectivity index (χ0) is 19.9. The molecule has 0 unspecified atom stereocenters. The molecule has 1 saturated heterocycles. The van der Waals surface area contributed by atoms with Crippen molar-refractivity contribution < 1.29 is 19.1 Å². The lowest BCUT2D eigenvalue weighted by atomic mass is 10.2. The molecule has 1 fully saturated rings. The van der Waals surface area contributed by atoms with E-state index in [-0.39, 0.29) is 24.4 Å². The van der Waals surface area contributed by atoms with Crippen LogP contribution < -0.4 is 25.0 Å². The van der Waals surface area contributed by atoms with Crippen molar-refractivity contribution in [2.45, 2.75) is 26.3 Å². The molecule has 148 valence electrons. The molecule has 2 aromatic rings. The molecule has 7 heteroatoms. The van der Waals surface area contributed by atoms with Gasteiger partial charge in [0, 0.05) is 18.7 Å². The van der Waals surface area contributed by atoms with E-state index in [1.807, 2.05) is 50.2 Å². The molecular formula is C21H25N3O4. The van der Waals surface area contributed by atoms with Crippen LogP contribution in [0, 0.1) is 0 Å². The minimum Gasteiger partial charge on any atom is -0.494 e. The molecule has 0 aliphatic carbocycles. The Bertz CT molecular complexity index is 823. The lowest BCUT2D eigenvalue weighted by Crippen LogP contribution is -2.39. The summed E-state index contributed by atoms with van der Waals surface area (Å²) in [6.07, 6.45) is 0.258. The molecule has 0 radical (unpaired) electrons. The van der Waals surface area contributed by atoms with E-state index in [1.54, 1.807) is 17.0 Å². The second-order valence-electron chi connectivity index (χ2n) is 6.36. The third-order valence-corrected chi connectivity index (χ3v) is 4.35. The quantitative estimate of drug-likeness (QED) is 0.768. The first kappa shape index (κ1) is 19.5. The smallest absolute Gasteiger partial charge is 0.319 e. The van der Waals surface area contributed by atoms with Crippen molar-refractivity contribution in [3.8, 4) is 11.5 Å². The maximum atomic E-state index is 12.4. The Morgan fingerprint density at radius 1 is 1.07 bits per heavy atom. The third kappa shape index (κ3) is 4.73. The van der Waals surface area contributed by atoms with Gasteiger partial charge in [0.25, 0.3) is 0 Å². The molecule has 2 aromatic carbocycles. The normalized spacial score (nSPS) is 16.0. The minimum absolute atomic E-state index is 0.0239. The van der Waals surface area contributed by atoms with Gasteiger partial charge in [-0.25, -0.2) is 4.79 Å². The zero-order valence-corrected chi connectivity index (χ0v) is 16.1. The highest BCUT2D eigenvalue weighted by atomic mass is 16.5. The van der Waals surface area contributed by atoms with Crippen LogP contribution in [0.25, 0.3) is 0 Å². The first-order valence-corrected chi connectivity index (χ1v) is 9.43. The summed E-state index contributed by atoms with van der Waals surface area (Å²) in [5.41, 5.74) is 1.38. The number of hydrogen-bond donors (Lipinski definition) is 2. The number of hydrogen-bond acceptors (Lipinski definition) is 4. The highest BCUT2D eigenvalue weighted by molar-refractivity contribution is 5.98. The summed E-state index contributed by atoms with van der Waals surface area (Å²) < 4.78 is 10.9. The summed E-state index contributed by atoms with van der Waals surface area (Å²) in [5.74, 6) is 1.35. The largest absolute Gasteiger partial charge is 0.494 e. The Morgan fingerprint density at radius 3 is 2.50 bits per heavy atom. The molecule has 1 aliphatic rings. The van der Waals surface area contributed by atoms with E-state index in [9.17, 15) is 9.59 Å². The van der Waals surface area contributed by atoms with Gasteiger partial charge >= 0.3 is 6.03 Å². The number of nitrogens with zero attached hydrogens (tertiary/aromatic N) is 1. The van der Waals surface area contributed by atoms with Crippen molar-refractivity contribution in [2.75, 3.05) is 30.0 Å². The topological polar surface area (TPSA) is 79.9 Å². The van der Waals surface area contributed by atoms with Gasteiger partial charge in [-0.3, -0.25) is 4.79 Å². The van der Waals surface area contributed by atoms with E-state index < -0.39 is 0 Å². The fourth-order valence-corrected chi connectivity index (χ4v) is 3.14. The van der Waals surface area contributed by atoms with E-state index in [0.29, 0.717) is 31.2 Å². The molecule has 0 spiro atoms. The molecule has 7 nitrogen and oxygen atoms in total. The molecule has 1 heterocycles. The van der Waals surface area contributed by atoms with Crippen LogP contribution in [0.15, 0.2) is 48.5 Å². The van der Waals surface area contributed by atoms with Crippen LogP contribution in [-0.2, 0) is 4.79 Å². The fourth-order valence-electron chi connectivity index (χ4n) is 3.14. The number of amides is 3. The summed E-state index contributed by atoms with van der Waals surface area (Å²) in [6.45, 7) is 5.33. The van der Waals surface area contributed by atoms with Gasteiger partial charge in [-0.05, 0) is 50.2 Å². The molecule has 0 saturated carbocycles. The predicted molar refractivity (Wildman–Crippen MR) is 108 cm³/mol. The summed E-state index contributed by atoms with van der Waals surface area (Å²) >= 11 is 0. The highest BCUT2D eigenvalue weighted by Crippen LogP contribution is 2.25. The summed E-state index contributed by atoms with van der Waals surface area (Å²) in [5, 5.41) is 5.66. The van der Waals surface area contributed by atoms with Crippen LogP contribution in [0.1, 0.15) is 20.3 Å². The van der Waals surface area contributed by atoms with Crippen LogP contribution >= 0.6 is 0 Å². The van der Waals surface area contributed by atoms with Gasteiger partial charge in [-0.1, -0.05) is 12.1 Å². The number of anilines is 2. The van der Waals surface area contributed by atoms with E-state index in [2.05, 4.69) is 10.6 Å². The molecule has 1 atom stereocenters. The maximum absolute atomic E-state index is 12.4. The molecule has 0 bridgehead atoms. The maximum Gasteiger partial charge on any atom is 0.319 e. The standard InChI is InChI=1S/C21H25N3O4/c1-3-27-17-11-9-16(10-12-17)24-14-15(13-20(24)25)22-21(26)23-18-7-5-6-8-19(18)28-4-2/h5-12,15H,3-4,13-14H2,1-2H3,(H2,22,23,26)/t15-/m0/s1. The minimum atomic E-state index is -0.363. The SMILES string of the molecule is CCOc1ccc(N2C[C@@H](NC(=O)Nc3ccccc3OCC)CC2=O)cc1. The van der Waals surface area contributed by atoms with Crippen LogP contribution in [0.4, 0.5) is 16.2 Å². The number of ether oxygens (including phenoxy) is 2. The average Bonchev–Trinajstić information content (AvgIpc) is 3.04. The molecule has 3 amide bonds. The first-order valence-electron chi connectivity index (χ1n) is 9.43. The number of rotatable bonds is 7. The Labute approximate surface area is 164 Å². The number of benzene rings is 2. The monoisotopic (exact) mass is 383 g/mol. The predicted octanol–water partition coefficient (Wildman–Crippen LogP) is 3.41. The molecule has 1 aliphatic heterocycles. The number of urea groups is 1. The first-order chi connectivity index (χ1) is 13.6. The summed E-state index contributed by atoms with van der Waals surface area (Å²) in [4.78, 5) is 26.4. The summed E-state index contributed by atoms with van der Waals surface area (Å²) in [7, 11) is 0. The van der Waals surface area contributed by atoms with Crippen molar-refractivity contribution in [1.29, 1.82) is 0 Å². The Morgan fingerprint density at radius 2 is 1.79 bits per heavy atom. The fraction of sp³-hybridized carbons (Fsp3) is 0.333. The van der Waals surface area contributed by atoms with Gasteiger partial charge in [0.05, 0.1) is 24.9 Å². The van der Waals surface area contributed by atoms with Crippen molar-refractivity contribution in [3.05, 3.63) is 48.5 Å². The van der Waals surface area contributed by atoms with Crippen LogP contribution in [0.2, 0.25) is 0 Å². The Kier molecular flexibility index (Phi) is 6.37. The average molecular weight is 383 g/mol. The van der Waals surface area contributed by atoms with Crippen LogP contribution in [0.5, 0.6) is 11.5 Å². The number of para-hydroxylation sites is 2. The van der Waals surface area contributed by atoms with Crippen molar-refractivity contribution in [1.82, 2.24) is 5.32 Å². The Balaban J connectivity index is 1.59. The van der Waals surface area contributed by atoms with E-state index in [0.717, 1.165) is 11.4 Å². The van der Waals surface area contributed by atoms with Gasteiger partial charge in [-0.15, -0.1) is 0 Å². The van der Waals surface area contributed by atoms with Gasteiger partial charge < -0.3 is 25.0 Å². The molecule has 28 heavy (non-hydrogen) atoms. The van der Waals surface area contributed by atoms with E-state index in [1.165, 1.54) is 0 Å². The molecule has 0 aromatic heterocycles. The van der Waals surface area contributed by atoms with Crippen LogP contribution in [-0.4, -0.2) is 37.7 Å². The number of nitrogens with one attached hydrogen (secondary N) is 2. The van der Waals surface area contributed by atoms with Gasteiger partial charge in [0.2, 0.25) is 5.91 Å². The van der Waals surface area contributed by atoms with E-state index >= 15 is 0 Å². The van der Waals surface area contributed by atoms with Gasteiger partial charge in [0.15, 0.2) is 0 Å². The summed E-state index contributed by atoms with van der Waals surface area (Å²) in [6, 6.07) is 14.0. The van der Waals surface area contributed by atoms with Gasteiger partial charge in [-0.2, -0.15) is 0 Å². The zero-order valence-electron chi connectivity index (χ0n) is 16.1.